The van der Waals surface area contributed by atoms with Crippen LogP contribution in [0, 0.1) is 11.8 Å². The van der Waals surface area contributed by atoms with Gasteiger partial charge < -0.3 is 11.1 Å². The van der Waals surface area contributed by atoms with Crippen LogP contribution in [0.25, 0.3) is 0 Å². The minimum atomic E-state index is 0.0545. The largest absolute Gasteiger partial charge is 0.353 e. The number of carbonyl (C=O) groups excluding carboxylic acids is 1. The Morgan fingerprint density at radius 2 is 2.00 bits per heavy atom. The zero-order valence-corrected chi connectivity index (χ0v) is 9.96. The Labute approximate surface area is 92.8 Å². The second-order valence-electron chi connectivity index (χ2n) is 4.82. The summed E-state index contributed by atoms with van der Waals surface area (Å²) < 4.78 is 0. The van der Waals surface area contributed by atoms with E-state index in [0.717, 1.165) is 6.42 Å². The van der Waals surface area contributed by atoms with Crippen LogP contribution in [0.4, 0.5) is 0 Å². The lowest BCUT2D eigenvalue weighted by Gasteiger charge is -2.22. The van der Waals surface area contributed by atoms with Gasteiger partial charge in [0.25, 0.3) is 0 Å². The first-order chi connectivity index (χ1) is 7.15. The summed E-state index contributed by atoms with van der Waals surface area (Å²) in [6.45, 7) is 4.67. The number of hydrogen-bond acceptors (Lipinski definition) is 2. The van der Waals surface area contributed by atoms with E-state index in [0.29, 0.717) is 18.5 Å². The molecule has 0 aromatic rings. The molecule has 3 N–H and O–H groups in total. The molecule has 0 bridgehead atoms. The number of hydrogen-bond donors (Lipinski definition) is 2. The summed E-state index contributed by atoms with van der Waals surface area (Å²) in [5.74, 6) is 0.915. The van der Waals surface area contributed by atoms with E-state index < -0.39 is 0 Å². The third-order valence-electron chi connectivity index (χ3n) is 3.52. The van der Waals surface area contributed by atoms with E-state index in [1.54, 1.807) is 0 Å². The molecule has 0 heterocycles. The Morgan fingerprint density at radius 3 is 2.53 bits per heavy atom. The van der Waals surface area contributed by atoms with Crippen LogP contribution >= 0.6 is 0 Å². The van der Waals surface area contributed by atoms with Crippen molar-refractivity contribution in [2.45, 2.75) is 52.0 Å². The Bertz CT molecular complexity index is 200. The lowest BCUT2D eigenvalue weighted by atomic mass is 9.98. The summed E-state index contributed by atoms with van der Waals surface area (Å²) in [7, 11) is 0. The van der Waals surface area contributed by atoms with E-state index in [4.69, 9.17) is 5.73 Å². The van der Waals surface area contributed by atoms with Gasteiger partial charge in [-0.05, 0) is 38.6 Å². The molecule has 1 fully saturated rings. The zero-order chi connectivity index (χ0) is 11.3. The fourth-order valence-electron chi connectivity index (χ4n) is 2.32. The molecular formula is C12H24N2O. The second kappa shape index (κ2) is 6.11. The predicted octanol–water partition coefficient (Wildman–Crippen LogP) is 1.67. The van der Waals surface area contributed by atoms with Gasteiger partial charge in [-0.3, -0.25) is 4.79 Å². The van der Waals surface area contributed by atoms with Crippen molar-refractivity contribution in [1.82, 2.24) is 5.32 Å². The van der Waals surface area contributed by atoms with Crippen LogP contribution in [-0.2, 0) is 4.79 Å². The van der Waals surface area contributed by atoms with Gasteiger partial charge in [-0.1, -0.05) is 19.8 Å². The summed E-state index contributed by atoms with van der Waals surface area (Å²) in [4.78, 5) is 11.7. The van der Waals surface area contributed by atoms with Crippen LogP contribution in [0.3, 0.4) is 0 Å². The van der Waals surface area contributed by atoms with Crippen molar-refractivity contribution < 1.29 is 4.79 Å². The van der Waals surface area contributed by atoms with Gasteiger partial charge in [0.15, 0.2) is 0 Å². The van der Waals surface area contributed by atoms with Crippen LogP contribution in [-0.4, -0.2) is 18.5 Å². The number of nitrogens with two attached hydrogens (primary N) is 1. The van der Waals surface area contributed by atoms with Crippen molar-refractivity contribution in [2.24, 2.45) is 17.6 Å². The summed E-state index contributed by atoms with van der Waals surface area (Å²) in [5.41, 5.74) is 5.44. The van der Waals surface area contributed by atoms with Crippen molar-refractivity contribution in [2.75, 3.05) is 6.54 Å². The maximum atomic E-state index is 11.7. The van der Waals surface area contributed by atoms with Gasteiger partial charge in [-0.15, -0.1) is 0 Å². The van der Waals surface area contributed by atoms with E-state index in [1.807, 2.05) is 6.92 Å². The summed E-state index contributed by atoms with van der Waals surface area (Å²) in [6, 6.07) is 0.334. The molecule has 0 aromatic heterocycles. The molecule has 2 atom stereocenters. The Hall–Kier alpha value is -0.570. The smallest absolute Gasteiger partial charge is 0.223 e. The first kappa shape index (κ1) is 12.5. The number of carbonyl (C=O) groups is 1. The average molecular weight is 212 g/mol. The lowest BCUT2D eigenvalue weighted by Crippen LogP contribution is -2.40. The Balaban J connectivity index is 2.29. The van der Waals surface area contributed by atoms with E-state index in [2.05, 4.69) is 12.2 Å². The molecule has 1 unspecified atom stereocenters. The summed E-state index contributed by atoms with van der Waals surface area (Å²) >= 11 is 0. The SMILES string of the molecule is CC(CCN)C(=O)N[C@H](C)C1CCCC1. The second-order valence-corrected chi connectivity index (χ2v) is 4.82. The van der Waals surface area contributed by atoms with Crippen molar-refractivity contribution in [1.29, 1.82) is 0 Å². The van der Waals surface area contributed by atoms with Crippen LogP contribution < -0.4 is 11.1 Å². The first-order valence-corrected chi connectivity index (χ1v) is 6.15. The molecule has 0 spiro atoms. The molecular weight excluding hydrogens is 188 g/mol. The molecule has 0 aromatic carbocycles. The summed E-state index contributed by atoms with van der Waals surface area (Å²) in [6.07, 6.45) is 5.97. The van der Waals surface area contributed by atoms with E-state index in [1.165, 1.54) is 25.7 Å². The minimum Gasteiger partial charge on any atom is -0.353 e. The Morgan fingerprint density at radius 1 is 1.40 bits per heavy atom. The fraction of sp³-hybridized carbons (Fsp3) is 0.917. The van der Waals surface area contributed by atoms with E-state index in [-0.39, 0.29) is 11.8 Å². The van der Waals surface area contributed by atoms with Crippen LogP contribution in [0.1, 0.15) is 46.0 Å². The van der Waals surface area contributed by atoms with Crippen LogP contribution in [0.15, 0.2) is 0 Å². The predicted molar refractivity (Wildman–Crippen MR) is 62.4 cm³/mol. The number of nitrogens with one attached hydrogen (secondary N) is 1. The van der Waals surface area contributed by atoms with Gasteiger partial charge >= 0.3 is 0 Å². The van der Waals surface area contributed by atoms with Gasteiger partial charge in [0.1, 0.15) is 0 Å². The van der Waals surface area contributed by atoms with E-state index in [9.17, 15) is 4.79 Å². The zero-order valence-electron chi connectivity index (χ0n) is 9.96. The molecule has 1 amide bonds. The van der Waals surface area contributed by atoms with Crippen molar-refractivity contribution in [3.63, 3.8) is 0 Å². The van der Waals surface area contributed by atoms with Crippen molar-refractivity contribution >= 4 is 5.91 Å². The maximum absolute atomic E-state index is 11.7. The van der Waals surface area contributed by atoms with Gasteiger partial charge in [-0.2, -0.15) is 0 Å². The number of amides is 1. The third-order valence-corrected chi connectivity index (χ3v) is 3.52. The molecule has 0 aliphatic heterocycles. The maximum Gasteiger partial charge on any atom is 0.223 e. The topological polar surface area (TPSA) is 55.1 Å². The highest BCUT2D eigenvalue weighted by atomic mass is 16.1. The molecule has 88 valence electrons. The molecule has 1 aliphatic rings. The monoisotopic (exact) mass is 212 g/mol. The minimum absolute atomic E-state index is 0.0545. The molecule has 1 saturated carbocycles. The normalized spacial score (nSPS) is 21.3. The van der Waals surface area contributed by atoms with Gasteiger partial charge in [0, 0.05) is 12.0 Å². The van der Waals surface area contributed by atoms with Gasteiger partial charge in [0.05, 0.1) is 0 Å². The molecule has 0 saturated heterocycles. The molecule has 3 nitrogen and oxygen atoms in total. The molecule has 15 heavy (non-hydrogen) atoms. The highest BCUT2D eigenvalue weighted by molar-refractivity contribution is 5.78. The van der Waals surface area contributed by atoms with Crippen molar-refractivity contribution in [3.8, 4) is 0 Å². The van der Waals surface area contributed by atoms with E-state index >= 15 is 0 Å². The quantitative estimate of drug-likeness (QED) is 0.728. The molecule has 3 heteroatoms. The summed E-state index contributed by atoms with van der Waals surface area (Å²) in [5, 5.41) is 3.11. The standard InChI is InChI=1S/C12H24N2O/c1-9(7-8-13)12(15)14-10(2)11-5-3-4-6-11/h9-11H,3-8,13H2,1-2H3,(H,14,15)/t9?,10-/m1/s1. The van der Waals surface area contributed by atoms with Crippen LogP contribution in [0.5, 0.6) is 0 Å². The first-order valence-electron chi connectivity index (χ1n) is 6.15. The lowest BCUT2D eigenvalue weighted by molar-refractivity contribution is -0.125. The van der Waals surface area contributed by atoms with Gasteiger partial charge in [-0.25, -0.2) is 0 Å². The molecule has 0 radical (unpaired) electrons. The Kier molecular flexibility index (Phi) is 5.09. The fourth-order valence-corrected chi connectivity index (χ4v) is 2.32. The van der Waals surface area contributed by atoms with Crippen molar-refractivity contribution in [3.05, 3.63) is 0 Å². The highest BCUT2D eigenvalue weighted by Crippen LogP contribution is 2.27. The molecule has 1 aliphatic carbocycles. The average Bonchev–Trinajstić information content (AvgIpc) is 2.70. The molecule has 1 rings (SSSR count). The number of rotatable bonds is 5. The van der Waals surface area contributed by atoms with Crippen LogP contribution in [0.2, 0.25) is 0 Å². The third kappa shape index (κ3) is 3.82. The van der Waals surface area contributed by atoms with Gasteiger partial charge in [0.2, 0.25) is 5.91 Å². The highest BCUT2D eigenvalue weighted by Gasteiger charge is 2.23.